The molecule has 2 aromatic rings. The fourth-order valence-corrected chi connectivity index (χ4v) is 3.09. The summed E-state index contributed by atoms with van der Waals surface area (Å²) in [5.74, 6) is 4.33. The monoisotopic (exact) mass is 403 g/mol. The second kappa shape index (κ2) is 12.1. The van der Waals surface area contributed by atoms with Gasteiger partial charge in [0.15, 0.2) is 0 Å². The third kappa shape index (κ3) is 7.41. The third-order valence-corrected chi connectivity index (χ3v) is 4.76. The van der Waals surface area contributed by atoms with E-state index in [0.29, 0.717) is 30.4 Å². The van der Waals surface area contributed by atoms with Crippen LogP contribution in [0.15, 0.2) is 36.5 Å². The van der Waals surface area contributed by atoms with Gasteiger partial charge in [-0.25, -0.2) is 4.39 Å². The Kier molecular flexibility index (Phi) is 9.49. The van der Waals surface area contributed by atoms with Gasteiger partial charge in [0, 0.05) is 31.9 Å². The SMILES string of the molecule is CN1CCN(c2ccc(CCc3ccc(COC=O)cc3F)nc2)CC1.CNN. The Morgan fingerprint density at radius 2 is 1.93 bits per heavy atom. The standard InChI is InChI=1S/C20H24FN3O2.CH6N2/c1-23-8-10-24(11-9-23)19-7-6-18(22-13-19)5-4-17-3-2-16(12-20(17)21)14-26-15-25;1-3-2/h2-3,6-7,12-13,15H,4-5,8-11,14H2,1H3;3H,2H2,1H3. The Bertz CT molecular complexity index is 749. The number of aryl methyl sites for hydroxylation is 2. The van der Waals surface area contributed by atoms with Crippen LogP contribution in [0.1, 0.15) is 16.8 Å². The van der Waals surface area contributed by atoms with Crippen LogP contribution < -0.4 is 16.2 Å². The van der Waals surface area contributed by atoms with Crippen molar-refractivity contribution in [3.63, 3.8) is 0 Å². The number of piperazine rings is 1. The summed E-state index contributed by atoms with van der Waals surface area (Å²) in [6, 6.07) is 9.08. The number of benzene rings is 1. The molecular weight excluding hydrogens is 373 g/mol. The van der Waals surface area contributed by atoms with E-state index in [4.69, 9.17) is 0 Å². The summed E-state index contributed by atoms with van der Waals surface area (Å²) in [6.07, 6.45) is 3.18. The van der Waals surface area contributed by atoms with Crippen LogP contribution in [0.3, 0.4) is 0 Å². The zero-order valence-corrected chi connectivity index (χ0v) is 17.1. The highest BCUT2D eigenvalue weighted by molar-refractivity contribution is 5.45. The molecule has 0 unspecified atom stereocenters. The number of carbonyl (C=O) groups is 1. The molecular formula is C21H30FN5O2. The predicted octanol–water partition coefficient (Wildman–Crippen LogP) is 1.51. The van der Waals surface area contributed by atoms with Crippen molar-refractivity contribution in [2.24, 2.45) is 5.84 Å². The number of nitrogens with one attached hydrogen (secondary N) is 1. The van der Waals surface area contributed by atoms with E-state index in [1.54, 1.807) is 19.2 Å². The number of anilines is 1. The second-order valence-corrected chi connectivity index (χ2v) is 6.92. The fourth-order valence-electron chi connectivity index (χ4n) is 3.09. The van der Waals surface area contributed by atoms with Crippen LogP contribution in [0.2, 0.25) is 0 Å². The molecule has 1 fully saturated rings. The van der Waals surface area contributed by atoms with E-state index in [0.717, 1.165) is 37.6 Å². The summed E-state index contributed by atoms with van der Waals surface area (Å²) < 4.78 is 18.8. The first-order valence-electron chi connectivity index (χ1n) is 9.65. The van der Waals surface area contributed by atoms with Gasteiger partial charge in [-0.05, 0) is 56.3 Å². The summed E-state index contributed by atoms with van der Waals surface area (Å²) in [7, 11) is 3.79. The molecule has 1 saturated heterocycles. The summed E-state index contributed by atoms with van der Waals surface area (Å²) >= 11 is 0. The molecule has 0 bridgehead atoms. The molecule has 3 N–H and O–H groups in total. The lowest BCUT2D eigenvalue weighted by molar-refractivity contribution is -0.129. The predicted molar refractivity (Wildman–Crippen MR) is 112 cm³/mol. The van der Waals surface area contributed by atoms with Gasteiger partial charge in [-0.15, -0.1) is 0 Å². The number of hydrogen-bond acceptors (Lipinski definition) is 7. The summed E-state index contributed by atoms with van der Waals surface area (Å²) in [6.45, 7) is 4.62. The van der Waals surface area contributed by atoms with Gasteiger partial charge in [0.1, 0.15) is 12.4 Å². The zero-order valence-electron chi connectivity index (χ0n) is 17.1. The van der Waals surface area contributed by atoms with Crippen molar-refractivity contribution >= 4 is 12.2 Å². The first kappa shape index (κ1) is 22.7. The smallest absolute Gasteiger partial charge is 0.293 e. The number of carbonyl (C=O) groups excluding carboxylic acids is 1. The van der Waals surface area contributed by atoms with E-state index in [-0.39, 0.29) is 12.4 Å². The van der Waals surface area contributed by atoms with Crippen LogP contribution >= 0.6 is 0 Å². The molecule has 1 aliphatic heterocycles. The Hall–Kier alpha value is -2.55. The van der Waals surface area contributed by atoms with Crippen molar-refractivity contribution < 1.29 is 13.9 Å². The third-order valence-electron chi connectivity index (χ3n) is 4.76. The Labute approximate surface area is 171 Å². The molecule has 1 aliphatic rings. The number of nitrogens with zero attached hydrogens (tertiary/aromatic N) is 3. The maximum atomic E-state index is 14.1. The molecule has 29 heavy (non-hydrogen) atoms. The van der Waals surface area contributed by atoms with Gasteiger partial charge in [-0.1, -0.05) is 12.1 Å². The molecule has 2 heterocycles. The molecule has 3 rings (SSSR count). The molecule has 0 spiro atoms. The first-order chi connectivity index (χ1) is 14.1. The highest BCUT2D eigenvalue weighted by Gasteiger charge is 2.14. The van der Waals surface area contributed by atoms with Crippen molar-refractivity contribution in [1.29, 1.82) is 0 Å². The minimum Gasteiger partial charge on any atom is -0.463 e. The molecule has 8 heteroatoms. The Morgan fingerprint density at radius 3 is 2.52 bits per heavy atom. The maximum Gasteiger partial charge on any atom is 0.293 e. The van der Waals surface area contributed by atoms with Crippen LogP contribution in [0.25, 0.3) is 0 Å². The van der Waals surface area contributed by atoms with Gasteiger partial charge < -0.3 is 14.5 Å². The van der Waals surface area contributed by atoms with Crippen LogP contribution in [0, 0.1) is 5.82 Å². The molecule has 1 aromatic heterocycles. The number of aromatic nitrogens is 1. The number of halogens is 1. The average molecular weight is 404 g/mol. The van der Waals surface area contributed by atoms with Crippen LogP contribution in [-0.4, -0.2) is 56.6 Å². The fraction of sp³-hybridized carbons (Fsp3) is 0.429. The topological polar surface area (TPSA) is 83.7 Å². The van der Waals surface area contributed by atoms with Crippen molar-refractivity contribution in [2.45, 2.75) is 19.4 Å². The lowest BCUT2D eigenvalue weighted by atomic mass is 10.0. The number of hydrazine groups is 1. The summed E-state index contributed by atoms with van der Waals surface area (Å²) in [5.41, 5.74) is 5.64. The molecule has 158 valence electrons. The summed E-state index contributed by atoms with van der Waals surface area (Å²) in [4.78, 5) is 19.4. The van der Waals surface area contributed by atoms with E-state index in [1.807, 2.05) is 12.3 Å². The van der Waals surface area contributed by atoms with E-state index >= 15 is 0 Å². The highest BCUT2D eigenvalue weighted by atomic mass is 19.1. The Balaban J connectivity index is 0.000000941. The number of likely N-dealkylation sites (N-methyl/N-ethyl adjacent to an activating group) is 1. The average Bonchev–Trinajstić information content (AvgIpc) is 2.73. The van der Waals surface area contributed by atoms with Gasteiger partial charge in [-0.3, -0.25) is 21.0 Å². The van der Waals surface area contributed by atoms with Gasteiger partial charge in [0.2, 0.25) is 0 Å². The Morgan fingerprint density at radius 1 is 1.21 bits per heavy atom. The number of hydrogen-bond donors (Lipinski definition) is 2. The minimum absolute atomic E-state index is 0.0933. The lowest BCUT2D eigenvalue weighted by Gasteiger charge is -2.33. The van der Waals surface area contributed by atoms with Gasteiger partial charge in [-0.2, -0.15) is 0 Å². The lowest BCUT2D eigenvalue weighted by Crippen LogP contribution is -2.44. The quantitative estimate of drug-likeness (QED) is 0.412. The molecule has 0 saturated carbocycles. The number of rotatable bonds is 7. The van der Waals surface area contributed by atoms with Gasteiger partial charge in [0.25, 0.3) is 6.47 Å². The van der Waals surface area contributed by atoms with Crippen LogP contribution in [-0.2, 0) is 29.0 Å². The molecule has 0 atom stereocenters. The molecule has 0 aliphatic carbocycles. The minimum atomic E-state index is -0.272. The molecule has 7 nitrogen and oxygen atoms in total. The van der Waals surface area contributed by atoms with Crippen LogP contribution in [0.4, 0.5) is 10.1 Å². The zero-order chi connectivity index (χ0) is 21.1. The second-order valence-electron chi connectivity index (χ2n) is 6.92. The molecule has 1 aromatic carbocycles. The summed E-state index contributed by atoms with van der Waals surface area (Å²) in [5, 5.41) is 0. The van der Waals surface area contributed by atoms with E-state index in [2.05, 4.69) is 43.9 Å². The van der Waals surface area contributed by atoms with Crippen LogP contribution in [0.5, 0.6) is 0 Å². The maximum absolute atomic E-state index is 14.1. The number of ether oxygens (including phenoxy) is 1. The normalized spacial score (nSPS) is 14.1. The highest BCUT2D eigenvalue weighted by Crippen LogP contribution is 2.17. The molecule has 0 amide bonds. The van der Waals surface area contributed by atoms with Gasteiger partial charge in [0.05, 0.1) is 11.9 Å². The van der Waals surface area contributed by atoms with E-state index in [1.165, 1.54) is 6.07 Å². The van der Waals surface area contributed by atoms with E-state index in [9.17, 15) is 9.18 Å². The van der Waals surface area contributed by atoms with Crippen molar-refractivity contribution in [3.05, 3.63) is 59.2 Å². The first-order valence-corrected chi connectivity index (χ1v) is 9.65. The van der Waals surface area contributed by atoms with Crippen molar-refractivity contribution in [3.8, 4) is 0 Å². The van der Waals surface area contributed by atoms with E-state index < -0.39 is 0 Å². The largest absolute Gasteiger partial charge is 0.463 e. The van der Waals surface area contributed by atoms with Crippen molar-refractivity contribution in [2.75, 3.05) is 45.2 Å². The van der Waals surface area contributed by atoms with Crippen molar-refractivity contribution in [1.82, 2.24) is 15.3 Å². The number of nitrogens with two attached hydrogens (primary N) is 1. The number of pyridine rings is 1. The van der Waals surface area contributed by atoms with Gasteiger partial charge >= 0.3 is 0 Å². The molecule has 0 radical (unpaired) electrons.